The van der Waals surface area contributed by atoms with Crippen LogP contribution in [0.3, 0.4) is 0 Å². The minimum Gasteiger partial charge on any atom is -0.490 e. The number of rotatable bonds is 10. The van der Waals surface area contributed by atoms with E-state index in [-0.39, 0.29) is 12.2 Å². The van der Waals surface area contributed by atoms with Gasteiger partial charge < -0.3 is 28.7 Å². The molecule has 2 N–H and O–H groups in total. The van der Waals surface area contributed by atoms with Crippen LogP contribution in [0.2, 0.25) is 0 Å². The van der Waals surface area contributed by atoms with E-state index in [0.717, 1.165) is 46.2 Å². The normalized spacial score (nSPS) is 17.9. The van der Waals surface area contributed by atoms with Gasteiger partial charge in [-0.1, -0.05) is 60.6 Å². The number of ether oxygens (including phenoxy) is 2. The van der Waals surface area contributed by atoms with Crippen LogP contribution in [0, 0.1) is 22.7 Å². The Labute approximate surface area is 337 Å². The van der Waals surface area contributed by atoms with Gasteiger partial charge in [-0.2, -0.15) is 20.5 Å². The molecule has 0 amide bonds. The third-order valence-corrected chi connectivity index (χ3v) is 10.9. The lowest BCUT2D eigenvalue weighted by atomic mass is 9.92. The molecule has 6 aromatic rings. The van der Waals surface area contributed by atoms with Crippen LogP contribution in [0.4, 0.5) is 0 Å². The van der Waals surface area contributed by atoms with E-state index in [0.29, 0.717) is 82.9 Å². The molecule has 58 heavy (non-hydrogen) atoms. The van der Waals surface area contributed by atoms with Gasteiger partial charge in [-0.3, -0.25) is 0 Å². The van der Waals surface area contributed by atoms with Crippen molar-refractivity contribution >= 4 is 0 Å². The Balaban J connectivity index is 0.000000177. The SMILES string of the molecule is CCC1(O)CCc2c(-c3noc(-c4ccc(OC(C)C)c(C#N)c4)n3)cccc21.CCC1(O)CCc2c(-c3noc(-c4ccc(OC(C)C)c(C#N)c4)n3)cccc21. The summed E-state index contributed by atoms with van der Waals surface area (Å²) in [6.45, 7) is 11.6. The fourth-order valence-corrected chi connectivity index (χ4v) is 7.79. The maximum atomic E-state index is 10.8. The third kappa shape index (κ3) is 7.69. The molecule has 0 bridgehead atoms. The van der Waals surface area contributed by atoms with E-state index < -0.39 is 11.2 Å². The molecule has 296 valence electrons. The second kappa shape index (κ2) is 16.3. The van der Waals surface area contributed by atoms with Crippen LogP contribution >= 0.6 is 0 Å². The number of nitrogens with zero attached hydrogens (tertiary/aromatic N) is 6. The first-order valence-electron chi connectivity index (χ1n) is 19.7. The standard InChI is InChI=1S/2C23H23N3O3/c2*1-4-23(27)11-10-17-18(6-5-7-19(17)23)21-25-22(29-26-21)15-8-9-20(28-14(2)3)16(12-15)13-24/h2*5-9,12,14,27H,4,10-11H2,1-3H3. The number of hydrogen-bond acceptors (Lipinski definition) is 12. The fraction of sp³-hybridized carbons (Fsp3) is 0.348. The summed E-state index contributed by atoms with van der Waals surface area (Å²) in [5, 5.41) is 48.9. The molecule has 0 radical (unpaired) electrons. The molecule has 0 saturated carbocycles. The van der Waals surface area contributed by atoms with Gasteiger partial charge in [0.25, 0.3) is 11.8 Å². The minimum absolute atomic E-state index is 0.0232. The Morgan fingerprint density at radius 2 is 1.07 bits per heavy atom. The molecule has 0 spiro atoms. The number of fused-ring (bicyclic) bond motifs is 2. The van der Waals surface area contributed by atoms with Gasteiger partial charge in [0, 0.05) is 22.3 Å². The molecular weight excluding hydrogens is 733 g/mol. The highest BCUT2D eigenvalue weighted by atomic mass is 16.5. The minimum atomic E-state index is -0.786. The summed E-state index contributed by atoms with van der Waals surface area (Å²) in [6.07, 6.45) is 4.24. The molecule has 2 atom stereocenters. The molecule has 12 heteroatoms. The Hall–Kier alpha value is -6.34. The van der Waals surface area contributed by atoms with Crippen molar-refractivity contribution in [1.82, 2.24) is 20.3 Å². The zero-order valence-corrected chi connectivity index (χ0v) is 33.5. The van der Waals surface area contributed by atoms with Crippen molar-refractivity contribution in [3.8, 4) is 69.3 Å². The highest BCUT2D eigenvalue weighted by molar-refractivity contribution is 5.69. The predicted molar refractivity (Wildman–Crippen MR) is 216 cm³/mol. The van der Waals surface area contributed by atoms with Gasteiger partial charge in [-0.05, 0) is 125 Å². The van der Waals surface area contributed by atoms with E-state index in [1.165, 1.54) is 0 Å². The van der Waals surface area contributed by atoms with Crippen molar-refractivity contribution < 1.29 is 28.7 Å². The van der Waals surface area contributed by atoms with E-state index >= 15 is 0 Å². The second-order valence-corrected chi connectivity index (χ2v) is 15.3. The monoisotopic (exact) mass is 778 g/mol. The maximum Gasteiger partial charge on any atom is 0.258 e. The van der Waals surface area contributed by atoms with Gasteiger partial charge in [0.2, 0.25) is 11.6 Å². The van der Waals surface area contributed by atoms with Crippen molar-refractivity contribution in [2.45, 2.75) is 103 Å². The molecule has 4 aromatic carbocycles. The van der Waals surface area contributed by atoms with Gasteiger partial charge in [0.05, 0.1) is 34.5 Å². The second-order valence-electron chi connectivity index (χ2n) is 15.3. The summed E-state index contributed by atoms with van der Waals surface area (Å²) in [5.74, 6) is 2.72. The first-order chi connectivity index (χ1) is 27.9. The summed E-state index contributed by atoms with van der Waals surface area (Å²) in [7, 11) is 0. The van der Waals surface area contributed by atoms with Crippen molar-refractivity contribution in [3.05, 3.63) is 106 Å². The third-order valence-electron chi connectivity index (χ3n) is 10.9. The van der Waals surface area contributed by atoms with Crippen LogP contribution in [-0.2, 0) is 24.0 Å². The van der Waals surface area contributed by atoms with Crippen molar-refractivity contribution in [3.63, 3.8) is 0 Å². The van der Waals surface area contributed by atoms with E-state index in [4.69, 9.17) is 18.5 Å². The Morgan fingerprint density at radius 3 is 1.43 bits per heavy atom. The van der Waals surface area contributed by atoms with Gasteiger partial charge in [-0.25, -0.2) is 0 Å². The molecule has 2 aliphatic rings. The molecule has 12 nitrogen and oxygen atoms in total. The topological polar surface area (TPSA) is 184 Å². The van der Waals surface area contributed by atoms with E-state index in [9.17, 15) is 20.7 Å². The number of nitriles is 2. The molecule has 0 aliphatic heterocycles. The molecule has 0 fully saturated rings. The summed E-state index contributed by atoms with van der Waals surface area (Å²) < 4.78 is 22.3. The number of aromatic nitrogens is 4. The molecule has 8 rings (SSSR count). The Kier molecular flexibility index (Phi) is 11.2. The summed E-state index contributed by atoms with van der Waals surface area (Å²) in [5.41, 5.74) is 6.39. The lowest BCUT2D eigenvalue weighted by Gasteiger charge is -2.21. The lowest BCUT2D eigenvalue weighted by Crippen LogP contribution is -2.20. The zero-order chi connectivity index (χ0) is 41.2. The average molecular weight is 779 g/mol. The van der Waals surface area contributed by atoms with E-state index in [1.807, 2.05) is 77.9 Å². The van der Waals surface area contributed by atoms with Gasteiger partial charge in [-0.15, -0.1) is 0 Å². The summed E-state index contributed by atoms with van der Waals surface area (Å²) in [4.78, 5) is 9.12. The van der Waals surface area contributed by atoms with Gasteiger partial charge in [0.1, 0.15) is 23.6 Å². The Morgan fingerprint density at radius 1 is 0.655 bits per heavy atom. The van der Waals surface area contributed by atoms with E-state index in [2.05, 4.69) is 32.4 Å². The highest BCUT2D eigenvalue weighted by Crippen LogP contribution is 2.44. The lowest BCUT2D eigenvalue weighted by molar-refractivity contribution is 0.0342. The first kappa shape index (κ1) is 39.9. The van der Waals surface area contributed by atoms with Crippen LogP contribution < -0.4 is 9.47 Å². The smallest absolute Gasteiger partial charge is 0.258 e. The van der Waals surface area contributed by atoms with Crippen LogP contribution in [-0.4, -0.2) is 42.7 Å². The first-order valence-corrected chi connectivity index (χ1v) is 19.7. The quantitative estimate of drug-likeness (QED) is 0.135. The van der Waals surface area contributed by atoms with Crippen LogP contribution in [0.5, 0.6) is 11.5 Å². The molecule has 2 heterocycles. The predicted octanol–water partition coefficient (Wildman–Crippen LogP) is 9.21. The average Bonchev–Trinajstić information content (AvgIpc) is 4.05. The van der Waals surface area contributed by atoms with Crippen LogP contribution in [0.15, 0.2) is 81.8 Å². The highest BCUT2D eigenvalue weighted by Gasteiger charge is 2.38. The molecule has 2 aliphatic carbocycles. The van der Waals surface area contributed by atoms with E-state index in [1.54, 1.807) is 36.4 Å². The molecular formula is C46H46N6O6. The number of hydrogen-bond donors (Lipinski definition) is 2. The molecule has 0 saturated heterocycles. The van der Waals surface area contributed by atoms with Crippen molar-refractivity contribution in [2.75, 3.05) is 0 Å². The maximum absolute atomic E-state index is 10.8. The fourth-order valence-electron chi connectivity index (χ4n) is 7.79. The molecule has 2 unspecified atom stereocenters. The van der Waals surface area contributed by atoms with Crippen molar-refractivity contribution in [2.24, 2.45) is 0 Å². The van der Waals surface area contributed by atoms with Crippen LogP contribution in [0.1, 0.15) is 101 Å². The number of benzene rings is 4. The Bertz CT molecular complexity index is 2370. The number of aliphatic hydroxyl groups is 2. The summed E-state index contributed by atoms with van der Waals surface area (Å²) in [6, 6.07) is 26.5. The largest absolute Gasteiger partial charge is 0.490 e. The van der Waals surface area contributed by atoms with Gasteiger partial charge >= 0.3 is 0 Å². The van der Waals surface area contributed by atoms with Crippen molar-refractivity contribution in [1.29, 1.82) is 10.5 Å². The molecule has 2 aromatic heterocycles. The van der Waals surface area contributed by atoms with Gasteiger partial charge in [0.15, 0.2) is 0 Å². The van der Waals surface area contributed by atoms with Crippen LogP contribution in [0.25, 0.3) is 45.7 Å². The zero-order valence-electron chi connectivity index (χ0n) is 33.5. The summed E-state index contributed by atoms with van der Waals surface area (Å²) >= 11 is 0.